The SMILES string of the molecule is CCC(N)(C(N)=O)C1CCCC1. The fourth-order valence-electron chi connectivity index (χ4n) is 2.11. The summed E-state index contributed by atoms with van der Waals surface area (Å²) in [5.41, 5.74) is 10.5. The number of hydrogen-bond donors (Lipinski definition) is 2. The summed E-state index contributed by atoms with van der Waals surface area (Å²) in [6.07, 6.45) is 5.17. The minimum atomic E-state index is -0.740. The molecular formula is C9H18N2O. The van der Waals surface area contributed by atoms with E-state index in [9.17, 15) is 4.79 Å². The molecule has 1 unspecified atom stereocenters. The molecule has 4 N–H and O–H groups in total. The molecule has 12 heavy (non-hydrogen) atoms. The Labute approximate surface area is 73.5 Å². The van der Waals surface area contributed by atoms with Crippen LogP contribution in [0.5, 0.6) is 0 Å². The van der Waals surface area contributed by atoms with E-state index in [0.717, 1.165) is 12.8 Å². The van der Waals surface area contributed by atoms with E-state index in [4.69, 9.17) is 11.5 Å². The first kappa shape index (κ1) is 9.52. The summed E-state index contributed by atoms with van der Waals surface area (Å²) in [6, 6.07) is 0. The minimum absolute atomic E-state index is 0.319. The van der Waals surface area contributed by atoms with E-state index in [-0.39, 0.29) is 5.91 Å². The highest BCUT2D eigenvalue weighted by Gasteiger charge is 2.39. The molecule has 1 rings (SSSR count). The molecule has 1 amide bonds. The van der Waals surface area contributed by atoms with Crippen LogP contribution in [0.2, 0.25) is 0 Å². The molecule has 1 aliphatic rings. The Bertz CT molecular complexity index is 175. The molecule has 0 spiro atoms. The molecule has 0 aliphatic heterocycles. The topological polar surface area (TPSA) is 69.1 Å². The molecular weight excluding hydrogens is 152 g/mol. The van der Waals surface area contributed by atoms with Crippen LogP contribution in [0.1, 0.15) is 39.0 Å². The average molecular weight is 170 g/mol. The molecule has 0 aromatic carbocycles. The molecule has 0 radical (unpaired) electrons. The van der Waals surface area contributed by atoms with Gasteiger partial charge in [0.25, 0.3) is 0 Å². The molecule has 0 bridgehead atoms. The Balaban J connectivity index is 2.70. The molecule has 1 aliphatic carbocycles. The summed E-state index contributed by atoms with van der Waals surface area (Å²) in [5, 5.41) is 0. The molecule has 1 fully saturated rings. The van der Waals surface area contributed by atoms with Crippen LogP contribution in [0.15, 0.2) is 0 Å². The third kappa shape index (κ3) is 1.46. The van der Waals surface area contributed by atoms with Gasteiger partial charge in [0.2, 0.25) is 5.91 Å². The standard InChI is InChI=1S/C9H18N2O/c1-2-9(11,8(10)12)7-5-3-4-6-7/h7H,2-6,11H2,1H3,(H2,10,12). The Morgan fingerprint density at radius 3 is 2.33 bits per heavy atom. The summed E-state index contributed by atoms with van der Waals surface area (Å²) in [6.45, 7) is 1.93. The number of carbonyl (C=O) groups is 1. The molecule has 70 valence electrons. The zero-order chi connectivity index (χ0) is 9.19. The summed E-state index contributed by atoms with van der Waals surface area (Å²) in [4.78, 5) is 11.1. The molecule has 3 nitrogen and oxygen atoms in total. The number of nitrogens with two attached hydrogens (primary N) is 2. The van der Waals surface area contributed by atoms with Gasteiger partial charge in [0.1, 0.15) is 0 Å². The third-order valence-electron chi connectivity index (χ3n) is 3.13. The fraction of sp³-hybridized carbons (Fsp3) is 0.889. The number of rotatable bonds is 3. The zero-order valence-electron chi connectivity index (χ0n) is 7.68. The first-order valence-corrected chi connectivity index (χ1v) is 4.70. The van der Waals surface area contributed by atoms with Gasteiger partial charge in [0.15, 0.2) is 0 Å². The normalized spacial score (nSPS) is 23.8. The van der Waals surface area contributed by atoms with Crippen LogP contribution in [0.4, 0.5) is 0 Å². The van der Waals surface area contributed by atoms with Gasteiger partial charge in [-0.3, -0.25) is 4.79 Å². The van der Waals surface area contributed by atoms with Crippen molar-refractivity contribution in [3.05, 3.63) is 0 Å². The van der Waals surface area contributed by atoms with Gasteiger partial charge in [0.05, 0.1) is 5.54 Å². The lowest BCUT2D eigenvalue weighted by Crippen LogP contribution is -2.56. The lowest BCUT2D eigenvalue weighted by Gasteiger charge is -2.30. The van der Waals surface area contributed by atoms with Gasteiger partial charge in [0, 0.05) is 0 Å². The first-order chi connectivity index (χ1) is 5.61. The van der Waals surface area contributed by atoms with Crippen LogP contribution >= 0.6 is 0 Å². The smallest absolute Gasteiger partial charge is 0.237 e. The lowest BCUT2D eigenvalue weighted by atomic mass is 9.81. The van der Waals surface area contributed by atoms with Crippen molar-refractivity contribution in [1.29, 1.82) is 0 Å². The molecule has 0 aromatic heterocycles. The summed E-state index contributed by atoms with van der Waals surface area (Å²) < 4.78 is 0. The first-order valence-electron chi connectivity index (χ1n) is 4.70. The molecule has 1 saturated carbocycles. The Kier molecular flexibility index (Phi) is 2.73. The van der Waals surface area contributed by atoms with Crippen molar-refractivity contribution in [1.82, 2.24) is 0 Å². The predicted molar refractivity (Wildman–Crippen MR) is 48.4 cm³/mol. The second kappa shape index (κ2) is 3.44. The molecule has 1 atom stereocenters. The van der Waals surface area contributed by atoms with Crippen LogP contribution in [-0.2, 0) is 4.79 Å². The highest BCUT2D eigenvalue weighted by atomic mass is 16.1. The van der Waals surface area contributed by atoms with Gasteiger partial charge < -0.3 is 11.5 Å². The molecule has 0 saturated heterocycles. The Morgan fingerprint density at radius 1 is 1.50 bits per heavy atom. The van der Waals surface area contributed by atoms with Crippen molar-refractivity contribution in [3.8, 4) is 0 Å². The maximum atomic E-state index is 11.1. The quantitative estimate of drug-likeness (QED) is 0.656. The molecule has 0 aromatic rings. The Morgan fingerprint density at radius 2 is 2.00 bits per heavy atom. The highest BCUT2D eigenvalue weighted by Crippen LogP contribution is 2.34. The van der Waals surface area contributed by atoms with Crippen molar-refractivity contribution in [2.45, 2.75) is 44.6 Å². The number of primary amides is 1. The summed E-state index contributed by atoms with van der Waals surface area (Å²) >= 11 is 0. The maximum absolute atomic E-state index is 11.1. The fourth-order valence-corrected chi connectivity index (χ4v) is 2.11. The van der Waals surface area contributed by atoms with Crippen LogP contribution in [0.3, 0.4) is 0 Å². The van der Waals surface area contributed by atoms with Gasteiger partial charge in [-0.25, -0.2) is 0 Å². The van der Waals surface area contributed by atoms with Gasteiger partial charge >= 0.3 is 0 Å². The minimum Gasteiger partial charge on any atom is -0.368 e. The van der Waals surface area contributed by atoms with Gasteiger partial charge in [-0.2, -0.15) is 0 Å². The second-order valence-corrected chi connectivity index (χ2v) is 3.74. The van der Waals surface area contributed by atoms with Gasteiger partial charge in [-0.15, -0.1) is 0 Å². The average Bonchev–Trinajstić information content (AvgIpc) is 2.54. The van der Waals surface area contributed by atoms with E-state index in [1.54, 1.807) is 0 Å². The van der Waals surface area contributed by atoms with E-state index in [0.29, 0.717) is 12.3 Å². The van der Waals surface area contributed by atoms with Crippen molar-refractivity contribution >= 4 is 5.91 Å². The number of carbonyl (C=O) groups excluding carboxylic acids is 1. The summed E-state index contributed by atoms with van der Waals surface area (Å²) in [7, 11) is 0. The number of amides is 1. The van der Waals surface area contributed by atoms with E-state index in [2.05, 4.69) is 0 Å². The third-order valence-corrected chi connectivity index (χ3v) is 3.13. The zero-order valence-corrected chi connectivity index (χ0v) is 7.68. The van der Waals surface area contributed by atoms with Crippen molar-refractivity contribution < 1.29 is 4.79 Å². The van der Waals surface area contributed by atoms with Gasteiger partial charge in [-0.1, -0.05) is 19.8 Å². The monoisotopic (exact) mass is 170 g/mol. The largest absolute Gasteiger partial charge is 0.368 e. The second-order valence-electron chi connectivity index (χ2n) is 3.74. The predicted octanol–water partition coefficient (Wildman–Crippen LogP) is 0.769. The van der Waals surface area contributed by atoms with Crippen LogP contribution in [-0.4, -0.2) is 11.4 Å². The van der Waals surface area contributed by atoms with Crippen LogP contribution in [0.25, 0.3) is 0 Å². The Hall–Kier alpha value is -0.570. The molecule has 0 heterocycles. The van der Waals surface area contributed by atoms with Crippen LogP contribution in [0, 0.1) is 5.92 Å². The van der Waals surface area contributed by atoms with E-state index < -0.39 is 5.54 Å². The van der Waals surface area contributed by atoms with E-state index in [1.807, 2.05) is 6.92 Å². The number of hydrogen-bond acceptors (Lipinski definition) is 2. The van der Waals surface area contributed by atoms with Crippen molar-refractivity contribution in [3.63, 3.8) is 0 Å². The maximum Gasteiger partial charge on any atom is 0.237 e. The van der Waals surface area contributed by atoms with Gasteiger partial charge in [-0.05, 0) is 25.2 Å². The summed E-state index contributed by atoms with van der Waals surface area (Å²) in [5.74, 6) is -0.0168. The van der Waals surface area contributed by atoms with E-state index in [1.165, 1.54) is 12.8 Å². The van der Waals surface area contributed by atoms with E-state index >= 15 is 0 Å². The lowest BCUT2D eigenvalue weighted by molar-refractivity contribution is -0.125. The molecule has 3 heteroatoms. The highest BCUT2D eigenvalue weighted by molar-refractivity contribution is 5.84. The van der Waals surface area contributed by atoms with Crippen LogP contribution < -0.4 is 11.5 Å². The van der Waals surface area contributed by atoms with Crippen molar-refractivity contribution in [2.75, 3.05) is 0 Å². The van der Waals surface area contributed by atoms with Crippen molar-refractivity contribution in [2.24, 2.45) is 17.4 Å².